The SMILES string of the molecule is COc1nnc(NC(=O)c2cc(OC)c(OC)c(OC)c2)s1. The van der Waals surface area contributed by atoms with Crippen molar-refractivity contribution in [2.24, 2.45) is 0 Å². The smallest absolute Gasteiger partial charge is 0.295 e. The number of rotatable bonds is 6. The molecule has 2 aromatic rings. The normalized spacial score (nSPS) is 10.0. The lowest BCUT2D eigenvalue weighted by atomic mass is 10.1. The molecule has 0 saturated heterocycles. The summed E-state index contributed by atoms with van der Waals surface area (Å²) in [7, 11) is 5.93. The number of amides is 1. The molecule has 0 spiro atoms. The quantitative estimate of drug-likeness (QED) is 0.866. The Kier molecular flexibility index (Phi) is 4.99. The molecule has 0 aliphatic heterocycles. The summed E-state index contributed by atoms with van der Waals surface area (Å²) in [5.41, 5.74) is 0.337. The molecule has 9 heteroatoms. The standard InChI is InChI=1S/C13H15N3O5S/c1-18-8-5-7(6-9(19-2)10(8)20-3)11(17)14-12-15-16-13(21-4)22-12/h5-6H,1-4H3,(H,14,15,17). The molecule has 0 fully saturated rings. The van der Waals surface area contributed by atoms with Crippen molar-refractivity contribution in [1.82, 2.24) is 10.2 Å². The van der Waals surface area contributed by atoms with E-state index in [1.165, 1.54) is 28.4 Å². The van der Waals surface area contributed by atoms with Gasteiger partial charge in [0, 0.05) is 5.56 Å². The van der Waals surface area contributed by atoms with Crippen LogP contribution in [0.1, 0.15) is 10.4 Å². The maximum absolute atomic E-state index is 12.3. The van der Waals surface area contributed by atoms with E-state index in [-0.39, 0.29) is 5.91 Å². The molecule has 1 aromatic carbocycles. The molecule has 2 rings (SSSR count). The molecule has 8 nitrogen and oxygen atoms in total. The molecular formula is C13H15N3O5S. The molecule has 0 aliphatic carbocycles. The molecule has 0 aliphatic rings. The second-order valence-corrected chi connectivity index (χ2v) is 4.89. The molecule has 0 atom stereocenters. The third kappa shape index (κ3) is 3.19. The lowest BCUT2D eigenvalue weighted by molar-refractivity contribution is 0.102. The van der Waals surface area contributed by atoms with Gasteiger partial charge in [-0.05, 0) is 23.5 Å². The van der Waals surface area contributed by atoms with Crippen molar-refractivity contribution in [3.05, 3.63) is 17.7 Å². The van der Waals surface area contributed by atoms with Gasteiger partial charge in [-0.1, -0.05) is 5.10 Å². The Morgan fingerprint density at radius 3 is 2.09 bits per heavy atom. The Balaban J connectivity index is 2.29. The Hall–Kier alpha value is -2.55. The molecule has 22 heavy (non-hydrogen) atoms. The number of methoxy groups -OCH3 is 4. The number of nitrogens with zero attached hydrogens (tertiary/aromatic N) is 2. The number of benzene rings is 1. The van der Waals surface area contributed by atoms with Gasteiger partial charge in [0.2, 0.25) is 10.9 Å². The van der Waals surface area contributed by atoms with Crippen molar-refractivity contribution in [1.29, 1.82) is 0 Å². The summed E-state index contributed by atoms with van der Waals surface area (Å²) >= 11 is 1.12. The number of nitrogens with one attached hydrogen (secondary N) is 1. The topological polar surface area (TPSA) is 91.8 Å². The van der Waals surface area contributed by atoms with Crippen LogP contribution in [0.25, 0.3) is 0 Å². The monoisotopic (exact) mass is 325 g/mol. The zero-order chi connectivity index (χ0) is 16.1. The van der Waals surface area contributed by atoms with Gasteiger partial charge in [0.1, 0.15) is 0 Å². The van der Waals surface area contributed by atoms with Gasteiger partial charge in [0.25, 0.3) is 11.1 Å². The van der Waals surface area contributed by atoms with Gasteiger partial charge in [-0.2, -0.15) is 0 Å². The van der Waals surface area contributed by atoms with Gasteiger partial charge in [0.05, 0.1) is 28.4 Å². The summed E-state index contributed by atoms with van der Waals surface area (Å²) in [6, 6.07) is 3.10. The highest BCUT2D eigenvalue weighted by Gasteiger charge is 2.18. The lowest BCUT2D eigenvalue weighted by Gasteiger charge is -2.13. The van der Waals surface area contributed by atoms with E-state index in [4.69, 9.17) is 18.9 Å². The van der Waals surface area contributed by atoms with E-state index in [1.54, 1.807) is 12.1 Å². The second-order valence-electron chi connectivity index (χ2n) is 3.95. The van der Waals surface area contributed by atoms with Crippen molar-refractivity contribution >= 4 is 22.4 Å². The van der Waals surface area contributed by atoms with E-state index in [0.717, 1.165) is 11.3 Å². The first-order valence-corrected chi connectivity index (χ1v) is 6.93. The maximum atomic E-state index is 12.3. The Morgan fingerprint density at radius 1 is 1.00 bits per heavy atom. The predicted molar refractivity (Wildman–Crippen MR) is 80.5 cm³/mol. The summed E-state index contributed by atoms with van der Waals surface area (Å²) in [5, 5.41) is 10.9. The first-order valence-electron chi connectivity index (χ1n) is 6.11. The van der Waals surface area contributed by atoms with Crippen LogP contribution in [0.4, 0.5) is 5.13 Å². The Labute approximate surface area is 131 Å². The molecule has 0 radical (unpaired) electrons. The number of hydrogen-bond donors (Lipinski definition) is 1. The highest BCUT2D eigenvalue weighted by Crippen LogP contribution is 2.38. The van der Waals surface area contributed by atoms with E-state index < -0.39 is 0 Å². The van der Waals surface area contributed by atoms with Crippen molar-refractivity contribution in [3.63, 3.8) is 0 Å². The summed E-state index contributed by atoms with van der Waals surface area (Å²) < 4.78 is 20.6. The van der Waals surface area contributed by atoms with Crippen LogP contribution in [0.15, 0.2) is 12.1 Å². The van der Waals surface area contributed by atoms with Crippen LogP contribution < -0.4 is 24.3 Å². The summed E-state index contributed by atoms with van der Waals surface area (Å²) in [6.07, 6.45) is 0. The molecule has 1 amide bonds. The highest BCUT2D eigenvalue weighted by molar-refractivity contribution is 7.17. The summed E-state index contributed by atoms with van der Waals surface area (Å²) in [5.74, 6) is 0.820. The fourth-order valence-corrected chi connectivity index (χ4v) is 2.28. The number of carbonyl (C=O) groups is 1. The molecule has 118 valence electrons. The Bertz CT molecular complexity index is 648. The van der Waals surface area contributed by atoms with E-state index in [0.29, 0.717) is 33.1 Å². The van der Waals surface area contributed by atoms with Crippen LogP contribution in [0.2, 0.25) is 0 Å². The third-order valence-electron chi connectivity index (χ3n) is 2.73. The van der Waals surface area contributed by atoms with Crippen LogP contribution in [-0.4, -0.2) is 44.5 Å². The highest BCUT2D eigenvalue weighted by atomic mass is 32.1. The van der Waals surface area contributed by atoms with Gasteiger partial charge in [0.15, 0.2) is 11.5 Å². The summed E-state index contributed by atoms with van der Waals surface area (Å²) in [6.45, 7) is 0. The molecule has 1 heterocycles. The lowest BCUT2D eigenvalue weighted by Crippen LogP contribution is -2.12. The minimum absolute atomic E-state index is 0.329. The average Bonchev–Trinajstić information content (AvgIpc) is 3.00. The fourth-order valence-electron chi connectivity index (χ4n) is 1.72. The van der Waals surface area contributed by atoms with Gasteiger partial charge < -0.3 is 18.9 Å². The van der Waals surface area contributed by atoms with Crippen molar-refractivity contribution in [2.45, 2.75) is 0 Å². The fraction of sp³-hybridized carbons (Fsp3) is 0.308. The van der Waals surface area contributed by atoms with Crippen molar-refractivity contribution < 1.29 is 23.7 Å². The van der Waals surface area contributed by atoms with Crippen LogP contribution in [0.3, 0.4) is 0 Å². The molecule has 0 unspecified atom stereocenters. The van der Waals surface area contributed by atoms with Crippen LogP contribution in [-0.2, 0) is 0 Å². The van der Waals surface area contributed by atoms with Crippen LogP contribution in [0.5, 0.6) is 22.4 Å². The summed E-state index contributed by atoms with van der Waals surface area (Å²) in [4.78, 5) is 12.3. The van der Waals surface area contributed by atoms with E-state index in [9.17, 15) is 4.79 Å². The second kappa shape index (κ2) is 6.94. The third-order valence-corrected chi connectivity index (χ3v) is 3.53. The maximum Gasteiger partial charge on any atom is 0.295 e. The Morgan fingerprint density at radius 2 is 1.64 bits per heavy atom. The molecule has 0 saturated carbocycles. The van der Waals surface area contributed by atoms with Gasteiger partial charge in [-0.3, -0.25) is 10.1 Å². The van der Waals surface area contributed by atoms with Crippen LogP contribution >= 0.6 is 11.3 Å². The molecule has 1 N–H and O–H groups in total. The van der Waals surface area contributed by atoms with Crippen molar-refractivity contribution in [2.75, 3.05) is 33.8 Å². The minimum atomic E-state index is -0.377. The number of aromatic nitrogens is 2. The predicted octanol–water partition coefficient (Wildman–Crippen LogP) is 1.82. The van der Waals surface area contributed by atoms with Gasteiger partial charge in [-0.25, -0.2) is 0 Å². The van der Waals surface area contributed by atoms with Gasteiger partial charge in [-0.15, -0.1) is 5.10 Å². The first-order chi connectivity index (χ1) is 10.6. The van der Waals surface area contributed by atoms with E-state index in [1.807, 2.05) is 0 Å². The largest absolute Gasteiger partial charge is 0.493 e. The number of anilines is 1. The van der Waals surface area contributed by atoms with Crippen molar-refractivity contribution in [3.8, 4) is 22.4 Å². The number of ether oxygens (including phenoxy) is 4. The zero-order valence-corrected chi connectivity index (χ0v) is 13.3. The van der Waals surface area contributed by atoms with E-state index in [2.05, 4.69) is 15.5 Å². The molecule has 1 aromatic heterocycles. The molecule has 0 bridgehead atoms. The molecular weight excluding hydrogens is 310 g/mol. The number of carbonyl (C=O) groups excluding carboxylic acids is 1. The van der Waals surface area contributed by atoms with E-state index >= 15 is 0 Å². The van der Waals surface area contributed by atoms with Gasteiger partial charge >= 0.3 is 0 Å². The van der Waals surface area contributed by atoms with Crippen LogP contribution in [0, 0.1) is 0 Å². The average molecular weight is 325 g/mol. The zero-order valence-electron chi connectivity index (χ0n) is 12.5. The first kappa shape index (κ1) is 15.8. The number of hydrogen-bond acceptors (Lipinski definition) is 8. The minimum Gasteiger partial charge on any atom is -0.493 e.